The minimum Gasteiger partial charge on any atom is -0.374 e. The van der Waals surface area contributed by atoms with Crippen LogP contribution in [-0.4, -0.2) is 55.4 Å². The minimum atomic E-state index is -0.189. The second kappa shape index (κ2) is 8.03. The highest BCUT2D eigenvalue weighted by molar-refractivity contribution is 8.00. The van der Waals surface area contributed by atoms with Gasteiger partial charge in [0.2, 0.25) is 5.91 Å². The molecule has 0 radical (unpaired) electrons. The molecule has 1 aromatic rings. The number of hydrogen-bond donors (Lipinski definition) is 1. The van der Waals surface area contributed by atoms with E-state index in [0.717, 1.165) is 24.6 Å². The third-order valence-corrected chi connectivity index (χ3v) is 4.97. The van der Waals surface area contributed by atoms with Crippen LogP contribution in [0.5, 0.6) is 0 Å². The number of rotatable bonds is 5. The van der Waals surface area contributed by atoms with Gasteiger partial charge in [-0.2, -0.15) is 0 Å². The lowest BCUT2D eigenvalue weighted by molar-refractivity contribution is -0.121. The van der Waals surface area contributed by atoms with E-state index in [1.54, 1.807) is 0 Å². The van der Waals surface area contributed by atoms with Crippen LogP contribution in [0.15, 0.2) is 29.2 Å². The van der Waals surface area contributed by atoms with Gasteiger partial charge in [0.25, 0.3) is 0 Å². The lowest BCUT2D eigenvalue weighted by atomic mass is 10.3. The van der Waals surface area contributed by atoms with Crippen molar-refractivity contribution in [2.24, 2.45) is 0 Å². The van der Waals surface area contributed by atoms with Crippen molar-refractivity contribution < 1.29 is 9.53 Å². The van der Waals surface area contributed by atoms with Gasteiger partial charge in [0, 0.05) is 24.5 Å². The molecular formula is C15H21ClN2O2S. The maximum absolute atomic E-state index is 12.1. The topological polar surface area (TPSA) is 41.6 Å². The Balaban J connectivity index is 1.78. The molecule has 1 aliphatic rings. The number of likely N-dealkylation sites (N-methyl/N-ethyl adjacent to an activating group) is 1. The predicted molar refractivity (Wildman–Crippen MR) is 87.0 cm³/mol. The molecule has 1 N–H and O–H groups in total. The number of carbonyl (C=O) groups excluding carboxylic acids is 1. The molecule has 0 spiro atoms. The first-order valence-corrected chi connectivity index (χ1v) is 8.31. The monoisotopic (exact) mass is 328 g/mol. The van der Waals surface area contributed by atoms with Crippen LogP contribution in [0.25, 0.3) is 0 Å². The van der Waals surface area contributed by atoms with Crippen LogP contribution in [0.4, 0.5) is 0 Å². The Bertz CT molecular complexity index is 486. The molecule has 1 aliphatic heterocycles. The highest BCUT2D eigenvalue weighted by atomic mass is 35.5. The minimum absolute atomic E-state index is 0.0109. The van der Waals surface area contributed by atoms with E-state index in [1.165, 1.54) is 11.8 Å². The van der Waals surface area contributed by atoms with Gasteiger partial charge in [0.05, 0.1) is 23.0 Å². The summed E-state index contributed by atoms with van der Waals surface area (Å²) in [5.41, 5.74) is 0. The van der Waals surface area contributed by atoms with E-state index in [4.69, 9.17) is 16.3 Å². The van der Waals surface area contributed by atoms with Crippen LogP contribution in [-0.2, 0) is 9.53 Å². The van der Waals surface area contributed by atoms with Crippen LogP contribution in [0.2, 0.25) is 5.02 Å². The Labute approximate surface area is 135 Å². The Morgan fingerprint density at radius 3 is 3.05 bits per heavy atom. The van der Waals surface area contributed by atoms with Crippen molar-refractivity contribution in [3.8, 4) is 0 Å². The molecule has 116 valence electrons. The van der Waals surface area contributed by atoms with Gasteiger partial charge in [-0.3, -0.25) is 4.79 Å². The summed E-state index contributed by atoms with van der Waals surface area (Å²) in [6.07, 6.45) is 0.0743. The van der Waals surface area contributed by atoms with Crippen molar-refractivity contribution in [1.29, 1.82) is 0 Å². The second-order valence-electron chi connectivity index (χ2n) is 5.19. The molecule has 2 rings (SSSR count). The van der Waals surface area contributed by atoms with Crippen molar-refractivity contribution >= 4 is 29.3 Å². The van der Waals surface area contributed by atoms with Gasteiger partial charge < -0.3 is 15.0 Å². The number of hydrogen-bond acceptors (Lipinski definition) is 4. The summed E-state index contributed by atoms with van der Waals surface area (Å²) in [4.78, 5) is 15.3. The summed E-state index contributed by atoms with van der Waals surface area (Å²) in [7, 11) is 2.06. The maximum Gasteiger partial charge on any atom is 0.233 e. The SMILES string of the molecule is C[C@@H](Sc1ccccc1Cl)C(=O)NC[C@@H]1CN(C)CCO1. The second-order valence-corrected chi connectivity index (χ2v) is 6.98. The zero-order valence-electron chi connectivity index (χ0n) is 12.3. The number of amides is 1. The Hall–Kier alpha value is -0.750. The van der Waals surface area contributed by atoms with Crippen LogP contribution in [0.1, 0.15) is 6.92 Å². The maximum atomic E-state index is 12.1. The van der Waals surface area contributed by atoms with Gasteiger partial charge in [-0.05, 0) is 26.1 Å². The fraction of sp³-hybridized carbons (Fsp3) is 0.533. The molecule has 6 heteroatoms. The third-order valence-electron chi connectivity index (χ3n) is 3.36. The molecule has 0 aliphatic carbocycles. The molecule has 1 heterocycles. The van der Waals surface area contributed by atoms with Gasteiger partial charge in [-0.1, -0.05) is 23.7 Å². The zero-order valence-corrected chi connectivity index (χ0v) is 13.9. The van der Waals surface area contributed by atoms with Crippen molar-refractivity contribution in [1.82, 2.24) is 10.2 Å². The third kappa shape index (κ3) is 5.18. The molecule has 0 unspecified atom stereocenters. The number of morpholine rings is 1. The number of halogens is 1. The standard InChI is InChI=1S/C15H21ClN2O2S/c1-11(21-14-6-4-3-5-13(14)16)15(19)17-9-12-10-18(2)7-8-20-12/h3-6,11-12H,7-10H2,1-2H3,(H,17,19)/t11-,12-/m1/s1. The molecule has 0 aromatic heterocycles. The van der Waals surface area contributed by atoms with Crippen molar-refractivity contribution in [3.63, 3.8) is 0 Å². The van der Waals surface area contributed by atoms with Crippen molar-refractivity contribution in [2.45, 2.75) is 23.2 Å². The number of nitrogens with zero attached hydrogens (tertiary/aromatic N) is 1. The number of thioether (sulfide) groups is 1. The smallest absolute Gasteiger partial charge is 0.233 e. The normalized spacial score (nSPS) is 21.0. The number of nitrogens with one attached hydrogen (secondary N) is 1. The number of carbonyl (C=O) groups is 1. The molecule has 0 bridgehead atoms. The van der Waals surface area contributed by atoms with E-state index < -0.39 is 0 Å². The van der Waals surface area contributed by atoms with Crippen LogP contribution < -0.4 is 5.32 Å². The Morgan fingerprint density at radius 2 is 2.33 bits per heavy atom. The van der Waals surface area contributed by atoms with Crippen molar-refractivity contribution in [3.05, 3.63) is 29.3 Å². The average Bonchev–Trinajstić information content (AvgIpc) is 2.47. The summed E-state index contributed by atoms with van der Waals surface area (Å²) in [5, 5.41) is 3.45. The first kappa shape index (κ1) is 16.6. The van der Waals surface area contributed by atoms with E-state index in [-0.39, 0.29) is 17.3 Å². The summed E-state index contributed by atoms with van der Waals surface area (Å²) in [5.74, 6) is 0.0109. The Kier molecular flexibility index (Phi) is 6.36. The van der Waals surface area contributed by atoms with Crippen molar-refractivity contribution in [2.75, 3.05) is 33.3 Å². The van der Waals surface area contributed by atoms with Gasteiger partial charge in [-0.15, -0.1) is 11.8 Å². The number of benzene rings is 1. The summed E-state index contributed by atoms with van der Waals surface area (Å²) >= 11 is 7.58. The molecule has 1 fully saturated rings. The van der Waals surface area contributed by atoms with E-state index >= 15 is 0 Å². The summed E-state index contributed by atoms with van der Waals surface area (Å²) in [6, 6.07) is 7.56. The lowest BCUT2D eigenvalue weighted by Gasteiger charge is -2.30. The quantitative estimate of drug-likeness (QED) is 0.842. The molecule has 4 nitrogen and oxygen atoms in total. The van der Waals surface area contributed by atoms with E-state index in [2.05, 4.69) is 17.3 Å². The van der Waals surface area contributed by atoms with Gasteiger partial charge in [0.1, 0.15) is 0 Å². The average molecular weight is 329 g/mol. The highest BCUT2D eigenvalue weighted by Gasteiger charge is 2.20. The summed E-state index contributed by atoms with van der Waals surface area (Å²) in [6.45, 7) is 4.96. The van der Waals surface area contributed by atoms with Gasteiger partial charge in [0.15, 0.2) is 0 Å². The first-order valence-electron chi connectivity index (χ1n) is 7.05. The number of ether oxygens (including phenoxy) is 1. The zero-order chi connectivity index (χ0) is 15.2. The van der Waals surface area contributed by atoms with Crippen LogP contribution in [0, 0.1) is 0 Å². The Morgan fingerprint density at radius 1 is 1.57 bits per heavy atom. The predicted octanol–water partition coefficient (Wildman–Crippen LogP) is 2.27. The molecule has 1 saturated heterocycles. The fourth-order valence-corrected chi connectivity index (χ4v) is 3.31. The van der Waals surface area contributed by atoms with E-state index in [0.29, 0.717) is 11.6 Å². The van der Waals surface area contributed by atoms with Crippen LogP contribution in [0.3, 0.4) is 0 Å². The molecule has 1 aromatic carbocycles. The summed E-state index contributed by atoms with van der Waals surface area (Å²) < 4.78 is 5.63. The van der Waals surface area contributed by atoms with E-state index in [1.807, 2.05) is 31.2 Å². The molecular weight excluding hydrogens is 308 g/mol. The lowest BCUT2D eigenvalue weighted by Crippen LogP contribution is -2.47. The largest absolute Gasteiger partial charge is 0.374 e. The van der Waals surface area contributed by atoms with E-state index in [9.17, 15) is 4.79 Å². The van der Waals surface area contributed by atoms with Crippen LogP contribution >= 0.6 is 23.4 Å². The fourth-order valence-electron chi connectivity index (χ4n) is 2.13. The highest BCUT2D eigenvalue weighted by Crippen LogP contribution is 2.29. The van der Waals surface area contributed by atoms with Gasteiger partial charge >= 0.3 is 0 Å². The molecule has 21 heavy (non-hydrogen) atoms. The first-order chi connectivity index (χ1) is 10.1. The molecule has 2 atom stereocenters. The molecule has 1 amide bonds. The molecule has 0 saturated carbocycles. The van der Waals surface area contributed by atoms with Gasteiger partial charge in [-0.25, -0.2) is 0 Å².